The minimum Gasteiger partial charge on any atom is -0.481 e. The molecule has 156 valence electrons. The second-order valence-electron chi connectivity index (χ2n) is 6.64. The normalized spacial score (nSPS) is 16.2. The molecule has 0 aliphatic carbocycles. The Bertz CT molecular complexity index is 1170. The molecule has 0 saturated carbocycles. The third kappa shape index (κ3) is 3.41. The Morgan fingerprint density at radius 3 is 2.57 bits per heavy atom. The number of carboxylic acids is 1. The van der Waals surface area contributed by atoms with E-state index in [9.17, 15) is 27.2 Å². The fourth-order valence-electron chi connectivity index (χ4n) is 3.15. The van der Waals surface area contributed by atoms with Gasteiger partial charge in [0.15, 0.2) is 23.3 Å². The molecule has 0 spiro atoms. The number of hydrogen-bond donors (Lipinski definition) is 1. The summed E-state index contributed by atoms with van der Waals surface area (Å²) in [6.07, 6.45) is -0.410. The van der Waals surface area contributed by atoms with Crippen LogP contribution in [-0.4, -0.2) is 27.2 Å². The number of fused-ring (bicyclic) bond motifs is 2. The number of aliphatic carboxylic acids is 1. The number of carbonyl (C=O) groups is 2. The topological polar surface area (TPSA) is 70.5 Å². The summed E-state index contributed by atoms with van der Waals surface area (Å²) in [7, 11) is 0. The van der Waals surface area contributed by atoms with Gasteiger partial charge in [0.1, 0.15) is 10.5 Å². The summed E-state index contributed by atoms with van der Waals surface area (Å²) in [6.45, 7) is 1.58. The van der Waals surface area contributed by atoms with E-state index >= 15 is 0 Å². The number of aryl methyl sites for hydroxylation is 1. The summed E-state index contributed by atoms with van der Waals surface area (Å²) in [5.41, 5.74) is 0.690. The van der Waals surface area contributed by atoms with Crippen LogP contribution in [0.3, 0.4) is 0 Å². The summed E-state index contributed by atoms with van der Waals surface area (Å²) >= 11 is 1.72. The highest BCUT2D eigenvalue weighted by atomic mass is 32.2. The lowest BCUT2D eigenvalue weighted by Crippen LogP contribution is -2.41. The predicted octanol–water partition coefficient (Wildman–Crippen LogP) is 4.64. The first kappa shape index (κ1) is 20.6. The van der Waals surface area contributed by atoms with Gasteiger partial charge >= 0.3 is 5.97 Å². The molecule has 1 aromatic heterocycles. The van der Waals surface area contributed by atoms with Gasteiger partial charge in [-0.3, -0.25) is 9.59 Å². The zero-order chi connectivity index (χ0) is 21.7. The minimum atomic E-state index is -1.95. The van der Waals surface area contributed by atoms with Gasteiger partial charge in [0.25, 0.3) is 0 Å². The maximum Gasteiger partial charge on any atom is 0.305 e. The Kier molecular flexibility index (Phi) is 5.18. The number of amides is 1. The summed E-state index contributed by atoms with van der Waals surface area (Å²) in [4.78, 5) is 29.9. The molecule has 3 aromatic rings. The van der Waals surface area contributed by atoms with Gasteiger partial charge < -0.3 is 10.0 Å². The number of carboxylic acid groups (broad SMARTS) is 1. The first-order chi connectivity index (χ1) is 14.2. The number of benzene rings is 2. The second-order valence-corrected chi connectivity index (χ2v) is 8.97. The first-order valence-corrected chi connectivity index (χ1v) is 10.3. The van der Waals surface area contributed by atoms with Gasteiger partial charge in [-0.25, -0.2) is 22.5 Å². The molecule has 0 saturated heterocycles. The number of thiazole rings is 1. The molecule has 1 N–H and O–H groups in total. The number of carbonyl (C=O) groups excluding carboxylic acids is 1. The van der Waals surface area contributed by atoms with E-state index in [1.807, 2.05) is 13.0 Å². The monoisotopic (exact) mass is 456 g/mol. The molecule has 5 nitrogen and oxygen atoms in total. The highest BCUT2D eigenvalue weighted by Crippen LogP contribution is 2.42. The summed E-state index contributed by atoms with van der Waals surface area (Å²) in [5, 5.41) is 8.27. The summed E-state index contributed by atoms with van der Waals surface area (Å²) in [5.74, 6) is -8.68. The highest BCUT2D eigenvalue weighted by molar-refractivity contribution is 8.01. The average Bonchev–Trinajstić information content (AvgIpc) is 3.12. The van der Waals surface area contributed by atoms with Crippen LogP contribution in [0.1, 0.15) is 17.0 Å². The number of rotatable bonds is 4. The van der Waals surface area contributed by atoms with Crippen molar-refractivity contribution in [2.75, 3.05) is 4.90 Å². The maximum atomic E-state index is 14.0. The van der Waals surface area contributed by atoms with Gasteiger partial charge in [-0.15, -0.1) is 23.1 Å². The molecule has 1 aliphatic rings. The molecule has 0 bridgehead atoms. The smallest absolute Gasteiger partial charge is 0.305 e. The summed E-state index contributed by atoms with van der Waals surface area (Å²) < 4.78 is 54.6. The Morgan fingerprint density at radius 1 is 1.17 bits per heavy atom. The van der Waals surface area contributed by atoms with Gasteiger partial charge in [-0.1, -0.05) is 6.07 Å². The van der Waals surface area contributed by atoms with Crippen molar-refractivity contribution in [1.82, 2.24) is 4.98 Å². The van der Waals surface area contributed by atoms with Crippen LogP contribution in [0.25, 0.3) is 10.2 Å². The molecule has 2 heterocycles. The number of nitrogens with zero attached hydrogens (tertiary/aromatic N) is 2. The number of anilines is 1. The highest BCUT2D eigenvalue weighted by Gasteiger charge is 2.36. The quantitative estimate of drug-likeness (QED) is 0.352. The van der Waals surface area contributed by atoms with Gasteiger partial charge in [-0.2, -0.15) is 0 Å². The largest absolute Gasteiger partial charge is 0.481 e. The number of aromatic nitrogens is 1. The van der Waals surface area contributed by atoms with E-state index in [2.05, 4.69) is 4.98 Å². The molecule has 1 aliphatic heterocycles. The molecule has 30 heavy (non-hydrogen) atoms. The van der Waals surface area contributed by atoms with Crippen molar-refractivity contribution >= 4 is 50.9 Å². The van der Waals surface area contributed by atoms with E-state index < -0.39 is 57.0 Å². The van der Waals surface area contributed by atoms with Gasteiger partial charge in [0, 0.05) is 4.90 Å². The molecular weight excluding hydrogens is 444 g/mol. The predicted molar refractivity (Wildman–Crippen MR) is 104 cm³/mol. The summed E-state index contributed by atoms with van der Waals surface area (Å²) in [6, 6.07) is 5.29. The van der Waals surface area contributed by atoms with E-state index in [1.54, 1.807) is 12.1 Å². The van der Waals surface area contributed by atoms with Gasteiger partial charge in [-0.05, 0) is 24.6 Å². The van der Waals surface area contributed by atoms with E-state index in [0.717, 1.165) is 17.3 Å². The van der Waals surface area contributed by atoms with Crippen LogP contribution >= 0.6 is 23.1 Å². The fourth-order valence-corrected chi connectivity index (χ4v) is 5.32. The first-order valence-electron chi connectivity index (χ1n) is 8.59. The van der Waals surface area contributed by atoms with E-state index in [4.69, 9.17) is 5.11 Å². The van der Waals surface area contributed by atoms with Crippen molar-refractivity contribution in [3.63, 3.8) is 0 Å². The molecular formula is C19H12F4N2O3S2. The molecule has 0 radical (unpaired) electrons. The van der Waals surface area contributed by atoms with Gasteiger partial charge in [0.2, 0.25) is 5.91 Å². The van der Waals surface area contributed by atoms with Crippen LogP contribution in [-0.2, 0) is 16.1 Å². The van der Waals surface area contributed by atoms with Crippen LogP contribution in [0.2, 0.25) is 0 Å². The van der Waals surface area contributed by atoms with E-state index in [1.165, 1.54) is 4.90 Å². The SMILES string of the molecule is Cc1ccc2c(c1)N(Cc1nc3c(F)c(F)c(F)c(F)c3s1)C(=O)C(CC(=O)O)S2. The second kappa shape index (κ2) is 7.55. The lowest BCUT2D eigenvalue weighted by molar-refractivity contribution is -0.138. The van der Waals surface area contributed by atoms with Gasteiger partial charge in [0.05, 0.1) is 28.6 Å². The third-order valence-corrected chi connectivity index (χ3v) is 6.81. The van der Waals surface area contributed by atoms with Crippen LogP contribution in [0.5, 0.6) is 0 Å². The maximum absolute atomic E-state index is 14.0. The van der Waals surface area contributed by atoms with Crippen molar-refractivity contribution in [1.29, 1.82) is 0 Å². The number of hydrogen-bond acceptors (Lipinski definition) is 5. The van der Waals surface area contributed by atoms with Crippen molar-refractivity contribution in [3.8, 4) is 0 Å². The lowest BCUT2D eigenvalue weighted by Gasteiger charge is -2.33. The van der Waals surface area contributed by atoms with Crippen molar-refractivity contribution in [2.45, 2.75) is 30.0 Å². The molecule has 2 aromatic carbocycles. The van der Waals surface area contributed by atoms with Crippen LogP contribution in [0, 0.1) is 30.2 Å². The van der Waals surface area contributed by atoms with Crippen molar-refractivity contribution in [2.24, 2.45) is 0 Å². The molecule has 1 atom stereocenters. The zero-order valence-electron chi connectivity index (χ0n) is 15.2. The van der Waals surface area contributed by atoms with Crippen LogP contribution in [0.4, 0.5) is 23.2 Å². The molecule has 11 heteroatoms. The van der Waals surface area contributed by atoms with Crippen LogP contribution in [0.15, 0.2) is 23.1 Å². The Morgan fingerprint density at radius 2 is 1.87 bits per heavy atom. The number of halogens is 4. The lowest BCUT2D eigenvalue weighted by atomic mass is 10.1. The van der Waals surface area contributed by atoms with E-state index in [0.29, 0.717) is 21.9 Å². The van der Waals surface area contributed by atoms with Crippen molar-refractivity contribution in [3.05, 3.63) is 52.0 Å². The minimum absolute atomic E-state index is 0.0505. The standard InChI is InChI=1S/C19H12F4N2O3S2/c1-7-2-3-9-8(4-7)25(19(28)10(29-9)5-12(26)27)6-11-24-17-15(22)13(20)14(21)16(23)18(17)30-11/h2-4,10H,5-6H2,1H3,(H,26,27). The third-order valence-electron chi connectivity index (χ3n) is 4.53. The Balaban J connectivity index is 1.78. The van der Waals surface area contributed by atoms with E-state index in [-0.39, 0.29) is 11.6 Å². The molecule has 0 fully saturated rings. The zero-order valence-corrected chi connectivity index (χ0v) is 16.8. The fraction of sp³-hybridized carbons (Fsp3) is 0.211. The molecule has 4 rings (SSSR count). The molecule has 1 unspecified atom stereocenters. The molecule has 1 amide bonds. The Labute approximate surface area is 175 Å². The number of thioether (sulfide) groups is 1. The average molecular weight is 456 g/mol. The van der Waals surface area contributed by atoms with Crippen LogP contribution < -0.4 is 4.90 Å². The Hall–Kier alpha value is -2.66. The van der Waals surface area contributed by atoms with Crippen molar-refractivity contribution < 1.29 is 32.3 Å².